The van der Waals surface area contributed by atoms with Gasteiger partial charge in [0.2, 0.25) is 17.7 Å². The van der Waals surface area contributed by atoms with E-state index in [0.29, 0.717) is 39.1 Å². The highest BCUT2D eigenvalue weighted by molar-refractivity contribution is 5.99. The Morgan fingerprint density at radius 3 is 1.40 bits per heavy atom. The van der Waals surface area contributed by atoms with Crippen molar-refractivity contribution in [3.63, 3.8) is 0 Å². The number of carboxylic acid groups (broad SMARTS) is 2. The van der Waals surface area contributed by atoms with E-state index >= 15 is 0 Å². The Hall–Kier alpha value is -8.38. The summed E-state index contributed by atoms with van der Waals surface area (Å²) < 4.78 is 16.5. The number of aliphatic carboxylic acids is 2. The van der Waals surface area contributed by atoms with Gasteiger partial charge in [-0.15, -0.1) is 0 Å². The average Bonchev–Trinajstić information content (AvgIpc) is 3.40. The van der Waals surface area contributed by atoms with Gasteiger partial charge in [0.25, 0.3) is 0 Å². The van der Waals surface area contributed by atoms with Gasteiger partial charge in [-0.2, -0.15) is 4.90 Å². The quantitative estimate of drug-likeness (QED) is 0.0202. The number of rotatable bonds is 27. The Balaban J connectivity index is 1.52. The monoisotopic (exact) mass is 999 g/mol. The summed E-state index contributed by atoms with van der Waals surface area (Å²) in [6.07, 6.45) is -3.38. The first kappa shape index (κ1) is 55.5. The van der Waals surface area contributed by atoms with Crippen LogP contribution < -0.4 is 21.7 Å². The molecule has 0 aliphatic heterocycles. The fraction of sp³-hybridized carbons (Fsp3) is 0.309. The van der Waals surface area contributed by atoms with E-state index in [9.17, 15) is 48.6 Å². The molecule has 5 amide bonds. The molecule has 0 spiro atoms. The van der Waals surface area contributed by atoms with E-state index in [-0.39, 0.29) is 52.0 Å². The number of carbonyl (C=O) groups excluding carboxylic acids is 6. The van der Waals surface area contributed by atoms with Gasteiger partial charge in [0.05, 0.1) is 11.8 Å². The predicted octanol–water partition coefficient (Wildman–Crippen LogP) is 5.95. The number of nitrogens with two attached hydrogens (primary N) is 1. The lowest BCUT2D eigenvalue weighted by Gasteiger charge is -2.31. The second kappa shape index (κ2) is 29.1. The Bertz CT molecular complexity index is 2520. The molecule has 0 bridgehead atoms. The fourth-order valence-electron chi connectivity index (χ4n) is 7.75. The van der Waals surface area contributed by atoms with Gasteiger partial charge in [-0.25, -0.2) is 14.4 Å². The first-order valence-corrected chi connectivity index (χ1v) is 23.8. The van der Waals surface area contributed by atoms with Crippen molar-refractivity contribution < 1.29 is 62.8 Å². The highest BCUT2D eigenvalue weighted by Gasteiger charge is 2.42. The molecular formula is C55H61N5O13. The maximum atomic E-state index is 14.9. The third kappa shape index (κ3) is 18.1. The lowest BCUT2D eigenvalue weighted by Crippen LogP contribution is -2.61. The number of unbranched alkanes of at least 4 members (excludes halogenated alkanes) is 1. The highest BCUT2D eigenvalue weighted by Crippen LogP contribution is 2.21. The first-order valence-electron chi connectivity index (χ1n) is 23.8. The van der Waals surface area contributed by atoms with Gasteiger partial charge >= 0.3 is 30.1 Å². The van der Waals surface area contributed by atoms with Crippen molar-refractivity contribution in [1.29, 1.82) is 0 Å². The van der Waals surface area contributed by atoms with Gasteiger partial charge in [-0.05, 0) is 79.8 Å². The molecule has 0 radical (unpaired) electrons. The molecule has 0 aliphatic carbocycles. The number of benzene rings is 5. The van der Waals surface area contributed by atoms with Crippen molar-refractivity contribution in [2.75, 3.05) is 6.54 Å². The Morgan fingerprint density at radius 1 is 0.521 bits per heavy atom. The number of carboxylic acids is 2. The minimum Gasteiger partial charge on any atom is -0.481 e. The summed E-state index contributed by atoms with van der Waals surface area (Å²) in [5.41, 5.74) is 8.62. The summed E-state index contributed by atoms with van der Waals surface area (Å²) >= 11 is 0. The molecule has 5 rings (SSSR count). The molecule has 0 saturated carbocycles. The maximum Gasteiger partial charge on any atom is 0.420 e. The van der Waals surface area contributed by atoms with E-state index in [0.717, 1.165) is 0 Å². The number of hydrogen-bond acceptors (Lipinski definition) is 12. The molecule has 384 valence electrons. The molecular weight excluding hydrogens is 939 g/mol. The van der Waals surface area contributed by atoms with Crippen molar-refractivity contribution in [3.05, 3.63) is 179 Å². The van der Waals surface area contributed by atoms with Crippen LogP contribution in [-0.2, 0) is 75.6 Å². The summed E-state index contributed by atoms with van der Waals surface area (Å²) in [6.45, 7) is 0.709. The van der Waals surface area contributed by atoms with Crippen LogP contribution in [0.15, 0.2) is 152 Å². The number of imide groups is 1. The number of carbonyl (C=O) groups is 8. The van der Waals surface area contributed by atoms with Crippen LogP contribution in [0.3, 0.4) is 0 Å². The topological polar surface area (TPSA) is 270 Å². The lowest BCUT2D eigenvalue weighted by molar-refractivity contribution is -0.150. The number of nitrogens with one attached hydrogen (secondary N) is 3. The van der Waals surface area contributed by atoms with E-state index < -0.39 is 90.2 Å². The van der Waals surface area contributed by atoms with Crippen LogP contribution in [0.4, 0.5) is 9.59 Å². The summed E-state index contributed by atoms with van der Waals surface area (Å²) in [4.78, 5) is 112. The molecule has 18 heteroatoms. The van der Waals surface area contributed by atoms with Gasteiger partial charge in [-0.1, -0.05) is 152 Å². The highest BCUT2D eigenvalue weighted by atomic mass is 16.6. The van der Waals surface area contributed by atoms with Crippen molar-refractivity contribution >= 4 is 47.8 Å². The number of esters is 1. The van der Waals surface area contributed by atoms with E-state index in [2.05, 4.69) is 16.0 Å². The van der Waals surface area contributed by atoms with Crippen molar-refractivity contribution in [1.82, 2.24) is 20.9 Å². The van der Waals surface area contributed by atoms with Crippen LogP contribution in [0.25, 0.3) is 0 Å². The minimum atomic E-state index is -1.95. The fourth-order valence-corrected chi connectivity index (χ4v) is 7.75. The third-order valence-electron chi connectivity index (χ3n) is 11.7. The SMILES string of the molecule is C[C@H](NC(=O)[C@@H](NC(=O)[C@H](CC(Cc1ccccc1)C(=O)O)NC(=O)[C@H](CCCCN)N(C(=O)OCc1ccccc1)C(=O)OCc1ccccc1)C(Cc1ccccc1)C(=O)O)C(=O)OCc1ccccc1. The molecule has 73 heavy (non-hydrogen) atoms. The molecule has 0 heterocycles. The van der Waals surface area contributed by atoms with Crippen LogP contribution in [0, 0.1) is 11.8 Å². The summed E-state index contributed by atoms with van der Waals surface area (Å²) in [5.74, 6) is -10.3. The zero-order chi connectivity index (χ0) is 52.5. The van der Waals surface area contributed by atoms with Crippen LogP contribution >= 0.6 is 0 Å². The van der Waals surface area contributed by atoms with Gasteiger partial charge in [-0.3, -0.25) is 24.0 Å². The maximum absolute atomic E-state index is 14.9. The number of hydrogen-bond donors (Lipinski definition) is 6. The summed E-state index contributed by atoms with van der Waals surface area (Å²) in [5, 5.41) is 28.7. The number of ether oxygens (including phenoxy) is 3. The van der Waals surface area contributed by atoms with E-state index in [1.165, 1.54) is 6.92 Å². The van der Waals surface area contributed by atoms with Crippen LogP contribution in [-0.4, -0.2) is 93.6 Å². The minimum absolute atomic E-state index is 0.138. The molecule has 0 aromatic heterocycles. The summed E-state index contributed by atoms with van der Waals surface area (Å²) in [6, 6.07) is 35.5. The van der Waals surface area contributed by atoms with Crippen LogP contribution in [0.1, 0.15) is 60.4 Å². The van der Waals surface area contributed by atoms with E-state index in [1.807, 2.05) is 0 Å². The zero-order valence-corrected chi connectivity index (χ0v) is 40.4. The molecule has 0 saturated heterocycles. The molecule has 7 N–H and O–H groups in total. The van der Waals surface area contributed by atoms with Gasteiger partial charge in [0.15, 0.2) is 0 Å². The zero-order valence-electron chi connectivity index (χ0n) is 40.4. The third-order valence-corrected chi connectivity index (χ3v) is 11.7. The van der Waals surface area contributed by atoms with Crippen LogP contribution in [0.5, 0.6) is 0 Å². The molecule has 18 nitrogen and oxygen atoms in total. The largest absolute Gasteiger partial charge is 0.481 e. The van der Waals surface area contributed by atoms with Gasteiger partial charge in [0, 0.05) is 0 Å². The molecule has 5 aromatic carbocycles. The summed E-state index contributed by atoms with van der Waals surface area (Å²) in [7, 11) is 0. The smallest absolute Gasteiger partial charge is 0.420 e. The van der Waals surface area contributed by atoms with Crippen molar-refractivity contribution in [3.8, 4) is 0 Å². The molecule has 2 unspecified atom stereocenters. The van der Waals surface area contributed by atoms with Crippen LogP contribution in [0.2, 0.25) is 0 Å². The first-order chi connectivity index (χ1) is 35.2. The average molecular weight is 1000 g/mol. The van der Waals surface area contributed by atoms with Crippen molar-refractivity contribution in [2.24, 2.45) is 17.6 Å². The normalized spacial score (nSPS) is 13.3. The Morgan fingerprint density at radius 2 is 0.959 bits per heavy atom. The Labute approximate surface area is 423 Å². The molecule has 5 aromatic rings. The number of nitrogens with zero attached hydrogens (tertiary/aromatic N) is 1. The van der Waals surface area contributed by atoms with Gasteiger partial charge in [0.1, 0.15) is 44.0 Å². The number of amides is 5. The lowest BCUT2D eigenvalue weighted by atomic mass is 9.89. The van der Waals surface area contributed by atoms with Crippen molar-refractivity contribution in [2.45, 2.75) is 89.4 Å². The van der Waals surface area contributed by atoms with Gasteiger partial charge < -0.3 is 46.1 Å². The molecule has 0 aliphatic rings. The standard InChI is InChI=1S/C55H61N5O13/c1-37(53(68)71-34-40-23-11-4-12-24-40)57-50(63)47(44(52(66)67)32-39-21-9-3-10-22-39)59-48(61)45(33-43(51(64)65)31-38-19-7-2-8-20-38)58-49(62)46(29-17-18-30-56)60(54(69)72-35-41-25-13-5-14-26-41)55(70)73-36-42-27-15-6-16-28-42/h2-16,19-28,37,43-47H,17-18,29-36,56H2,1H3,(H,57,63)(H,58,62)(H,59,61)(H,64,65)(H,66,67)/t37-,43?,44?,45-,46-,47-/m0/s1. The second-order valence-electron chi connectivity index (χ2n) is 17.2. The predicted molar refractivity (Wildman–Crippen MR) is 267 cm³/mol. The molecule has 6 atom stereocenters. The molecule has 0 fully saturated rings. The Kier molecular flexibility index (Phi) is 22.1. The van der Waals surface area contributed by atoms with E-state index in [1.54, 1.807) is 152 Å². The second-order valence-corrected chi connectivity index (χ2v) is 17.2. The van der Waals surface area contributed by atoms with E-state index in [4.69, 9.17) is 19.9 Å².